The highest BCUT2D eigenvalue weighted by Gasteiger charge is 2.32. The van der Waals surface area contributed by atoms with Crippen LogP contribution in [0, 0.1) is 0 Å². The van der Waals surface area contributed by atoms with E-state index in [2.05, 4.69) is 34.1 Å². The standard InChI is InChI=1S/C24H26N4O2/c1-16(25-2)23(29)27-21-14-26-20-12-5-6-13-22(20)28(24(21)30)15-18-10-7-9-17-8-3-4-11-19(17)18/h3-13,16,21,25-26H,14-15H2,1-2H3,(H,27,29)/t16-,21?/m0/s1. The predicted octanol–water partition coefficient (Wildman–Crippen LogP) is 2.89. The van der Waals surface area contributed by atoms with Gasteiger partial charge in [0, 0.05) is 6.54 Å². The van der Waals surface area contributed by atoms with Gasteiger partial charge in [0.15, 0.2) is 0 Å². The number of carbonyl (C=O) groups excluding carboxylic acids is 2. The highest BCUT2D eigenvalue weighted by Crippen LogP contribution is 2.31. The van der Waals surface area contributed by atoms with Gasteiger partial charge in [-0.1, -0.05) is 54.6 Å². The molecular weight excluding hydrogens is 376 g/mol. The Morgan fingerprint density at radius 1 is 1.10 bits per heavy atom. The minimum absolute atomic E-state index is 0.128. The van der Waals surface area contributed by atoms with E-state index in [0.29, 0.717) is 13.1 Å². The number of carbonyl (C=O) groups is 2. The fourth-order valence-electron chi connectivity index (χ4n) is 3.77. The molecule has 6 nitrogen and oxygen atoms in total. The first kappa shape index (κ1) is 19.9. The lowest BCUT2D eigenvalue weighted by Crippen LogP contribution is -2.54. The monoisotopic (exact) mass is 402 g/mol. The van der Waals surface area contributed by atoms with Gasteiger partial charge in [-0.05, 0) is 42.4 Å². The molecule has 1 heterocycles. The molecule has 0 bridgehead atoms. The molecule has 0 aliphatic carbocycles. The average Bonchev–Trinajstić information content (AvgIpc) is 2.91. The van der Waals surface area contributed by atoms with Crippen molar-refractivity contribution >= 4 is 34.0 Å². The summed E-state index contributed by atoms with van der Waals surface area (Å²) in [6.45, 7) is 2.53. The normalized spacial score (nSPS) is 17.1. The maximum Gasteiger partial charge on any atom is 0.251 e. The lowest BCUT2D eigenvalue weighted by molar-refractivity contribution is -0.128. The molecule has 3 aromatic rings. The van der Waals surface area contributed by atoms with Crippen molar-refractivity contribution in [2.45, 2.75) is 25.6 Å². The Bertz CT molecular complexity index is 1080. The van der Waals surface area contributed by atoms with E-state index < -0.39 is 6.04 Å². The fraction of sp³-hybridized carbons (Fsp3) is 0.250. The molecule has 1 aliphatic rings. The number of hydrogen-bond acceptors (Lipinski definition) is 4. The number of likely N-dealkylation sites (N-methyl/N-ethyl adjacent to an activating group) is 1. The van der Waals surface area contributed by atoms with Crippen molar-refractivity contribution in [3.8, 4) is 0 Å². The molecule has 0 saturated heterocycles. The summed E-state index contributed by atoms with van der Waals surface area (Å²) in [5.41, 5.74) is 2.75. The number of benzene rings is 3. The number of rotatable bonds is 5. The Labute approximate surface area is 176 Å². The number of para-hydroxylation sites is 2. The SMILES string of the molecule is CN[C@@H](C)C(=O)NC1CNc2ccccc2N(Cc2cccc3ccccc23)C1=O. The minimum Gasteiger partial charge on any atom is -0.381 e. The molecule has 0 saturated carbocycles. The highest BCUT2D eigenvalue weighted by molar-refractivity contribution is 6.04. The van der Waals surface area contributed by atoms with Crippen LogP contribution in [0.2, 0.25) is 0 Å². The summed E-state index contributed by atoms with van der Waals surface area (Å²) in [6, 6.07) is 21.0. The topological polar surface area (TPSA) is 73.5 Å². The second kappa shape index (κ2) is 8.55. The number of amides is 2. The molecular formula is C24H26N4O2. The summed E-state index contributed by atoms with van der Waals surface area (Å²) >= 11 is 0. The summed E-state index contributed by atoms with van der Waals surface area (Å²) in [7, 11) is 1.72. The highest BCUT2D eigenvalue weighted by atomic mass is 16.2. The van der Waals surface area contributed by atoms with Crippen molar-refractivity contribution in [2.24, 2.45) is 0 Å². The third-order valence-electron chi connectivity index (χ3n) is 5.61. The molecule has 0 fully saturated rings. The fourth-order valence-corrected chi connectivity index (χ4v) is 3.77. The first-order chi connectivity index (χ1) is 14.6. The van der Waals surface area contributed by atoms with Crippen LogP contribution in [-0.4, -0.2) is 37.5 Å². The zero-order valence-corrected chi connectivity index (χ0v) is 17.2. The minimum atomic E-state index is -0.657. The third kappa shape index (κ3) is 3.86. The number of hydrogen-bond donors (Lipinski definition) is 3. The van der Waals surface area contributed by atoms with Crippen molar-refractivity contribution in [1.29, 1.82) is 0 Å². The van der Waals surface area contributed by atoms with E-state index in [1.807, 2.05) is 48.5 Å². The molecule has 154 valence electrons. The van der Waals surface area contributed by atoms with Crippen molar-refractivity contribution < 1.29 is 9.59 Å². The number of fused-ring (bicyclic) bond motifs is 2. The molecule has 3 N–H and O–H groups in total. The van der Waals surface area contributed by atoms with E-state index in [0.717, 1.165) is 27.7 Å². The quantitative estimate of drug-likeness (QED) is 0.614. The Morgan fingerprint density at radius 2 is 1.83 bits per heavy atom. The third-order valence-corrected chi connectivity index (χ3v) is 5.61. The van der Waals surface area contributed by atoms with E-state index >= 15 is 0 Å². The van der Waals surface area contributed by atoms with Gasteiger partial charge in [0.05, 0.1) is 24.0 Å². The van der Waals surface area contributed by atoms with Gasteiger partial charge >= 0.3 is 0 Å². The summed E-state index contributed by atoms with van der Waals surface area (Å²) in [4.78, 5) is 27.8. The van der Waals surface area contributed by atoms with Crippen LogP contribution in [0.1, 0.15) is 12.5 Å². The first-order valence-electron chi connectivity index (χ1n) is 10.2. The number of nitrogens with zero attached hydrogens (tertiary/aromatic N) is 1. The molecule has 3 aromatic carbocycles. The molecule has 4 rings (SSSR count). The Balaban J connectivity index is 1.70. The molecule has 30 heavy (non-hydrogen) atoms. The zero-order valence-electron chi connectivity index (χ0n) is 17.2. The Morgan fingerprint density at radius 3 is 2.67 bits per heavy atom. The van der Waals surface area contributed by atoms with Crippen LogP contribution < -0.4 is 20.9 Å². The number of anilines is 2. The van der Waals surface area contributed by atoms with Crippen molar-refractivity contribution in [3.63, 3.8) is 0 Å². The van der Waals surface area contributed by atoms with Crippen LogP contribution in [0.15, 0.2) is 66.7 Å². The van der Waals surface area contributed by atoms with Crippen LogP contribution in [0.3, 0.4) is 0 Å². The maximum atomic E-state index is 13.5. The Hall–Kier alpha value is -3.38. The molecule has 2 amide bonds. The van der Waals surface area contributed by atoms with E-state index in [-0.39, 0.29) is 17.9 Å². The van der Waals surface area contributed by atoms with Crippen LogP contribution in [0.5, 0.6) is 0 Å². The second-order valence-corrected chi connectivity index (χ2v) is 7.53. The van der Waals surface area contributed by atoms with Crippen molar-refractivity contribution in [1.82, 2.24) is 10.6 Å². The Kier molecular flexibility index (Phi) is 5.68. The summed E-state index contributed by atoms with van der Waals surface area (Å²) < 4.78 is 0. The molecule has 2 atom stereocenters. The first-order valence-corrected chi connectivity index (χ1v) is 10.2. The molecule has 1 aliphatic heterocycles. The van der Waals surface area contributed by atoms with Gasteiger partial charge in [-0.15, -0.1) is 0 Å². The van der Waals surface area contributed by atoms with E-state index in [4.69, 9.17) is 0 Å². The lowest BCUT2D eigenvalue weighted by atomic mass is 10.0. The van der Waals surface area contributed by atoms with E-state index in [1.165, 1.54) is 0 Å². The lowest BCUT2D eigenvalue weighted by Gasteiger charge is -2.26. The van der Waals surface area contributed by atoms with Crippen LogP contribution in [0.4, 0.5) is 11.4 Å². The largest absolute Gasteiger partial charge is 0.381 e. The second-order valence-electron chi connectivity index (χ2n) is 7.53. The maximum absolute atomic E-state index is 13.5. The summed E-state index contributed by atoms with van der Waals surface area (Å²) in [5, 5.41) is 11.4. The van der Waals surface area contributed by atoms with Gasteiger partial charge < -0.3 is 20.9 Å². The summed E-state index contributed by atoms with van der Waals surface area (Å²) in [5.74, 6) is -0.328. The molecule has 0 radical (unpaired) electrons. The molecule has 0 aromatic heterocycles. The van der Waals surface area contributed by atoms with Gasteiger partial charge in [-0.25, -0.2) is 0 Å². The van der Waals surface area contributed by atoms with Gasteiger partial charge in [-0.3, -0.25) is 9.59 Å². The van der Waals surface area contributed by atoms with Gasteiger partial charge in [-0.2, -0.15) is 0 Å². The smallest absolute Gasteiger partial charge is 0.251 e. The average molecular weight is 402 g/mol. The predicted molar refractivity (Wildman–Crippen MR) is 121 cm³/mol. The van der Waals surface area contributed by atoms with Crippen molar-refractivity contribution in [3.05, 3.63) is 72.3 Å². The van der Waals surface area contributed by atoms with E-state index in [1.54, 1.807) is 18.9 Å². The van der Waals surface area contributed by atoms with Crippen molar-refractivity contribution in [2.75, 3.05) is 23.8 Å². The van der Waals surface area contributed by atoms with Crippen LogP contribution >= 0.6 is 0 Å². The zero-order chi connectivity index (χ0) is 21.1. The van der Waals surface area contributed by atoms with Crippen LogP contribution in [-0.2, 0) is 16.1 Å². The van der Waals surface area contributed by atoms with E-state index in [9.17, 15) is 9.59 Å². The summed E-state index contributed by atoms with van der Waals surface area (Å²) in [6.07, 6.45) is 0. The van der Waals surface area contributed by atoms with Crippen LogP contribution in [0.25, 0.3) is 10.8 Å². The van der Waals surface area contributed by atoms with Gasteiger partial charge in [0.1, 0.15) is 6.04 Å². The van der Waals surface area contributed by atoms with Gasteiger partial charge in [0.25, 0.3) is 5.91 Å². The molecule has 1 unspecified atom stereocenters. The molecule has 0 spiro atoms. The number of nitrogens with one attached hydrogen (secondary N) is 3. The van der Waals surface area contributed by atoms with Gasteiger partial charge in [0.2, 0.25) is 5.91 Å². The molecule has 6 heteroatoms.